The molecule has 26 heavy (non-hydrogen) atoms. The van der Waals surface area contributed by atoms with E-state index in [-0.39, 0.29) is 22.9 Å². The van der Waals surface area contributed by atoms with Gasteiger partial charge >= 0.3 is 0 Å². The van der Waals surface area contributed by atoms with Gasteiger partial charge in [-0.1, -0.05) is 32.9 Å². The summed E-state index contributed by atoms with van der Waals surface area (Å²) in [6.07, 6.45) is 3.45. The number of aromatic nitrogens is 2. The van der Waals surface area contributed by atoms with Crippen molar-refractivity contribution >= 4 is 29.0 Å². The van der Waals surface area contributed by atoms with Crippen LogP contribution in [-0.2, 0) is 11.3 Å². The second kappa shape index (κ2) is 7.35. The Hall–Kier alpha value is -1.95. The molecule has 1 aliphatic rings. The Kier molecular flexibility index (Phi) is 5.32. The summed E-state index contributed by atoms with van der Waals surface area (Å²) in [5.41, 5.74) is 0.710. The summed E-state index contributed by atoms with van der Waals surface area (Å²) in [7, 11) is 0. The summed E-state index contributed by atoms with van der Waals surface area (Å²) in [5.74, 6) is 0.114. The Morgan fingerprint density at radius 3 is 2.81 bits per heavy atom. The van der Waals surface area contributed by atoms with Crippen molar-refractivity contribution in [3.8, 4) is 0 Å². The summed E-state index contributed by atoms with van der Waals surface area (Å²) in [4.78, 5) is 30.7. The van der Waals surface area contributed by atoms with E-state index in [1.807, 2.05) is 23.1 Å². The summed E-state index contributed by atoms with van der Waals surface area (Å²) >= 11 is 5.34. The maximum absolute atomic E-state index is 12.8. The average molecular weight is 374 g/mol. The van der Waals surface area contributed by atoms with Gasteiger partial charge in [0.25, 0.3) is 5.56 Å². The zero-order chi connectivity index (χ0) is 18.9. The normalized spacial score (nSPS) is 17.8. The molecule has 1 saturated heterocycles. The Balaban J connectivity index is 1.79. The van der Waals surface area contributed by atoms with Crippen LogP contribution >= 0.6 is 12.2 Å². The number of nitrogens with one attached hydrogen (secondary N) is 1. The summed E-state index contributed by atoms with van der Waals surface area (Å²) < 4.78 is 1.87. The standard InChI is InChI=1S/C20H27N3O2S/c1-4-20(2,3)16-10-7-12-22(16)17(24)11-13-23-18(25)14-8-5-6-9-15(14)21-19(23)26/h5-6,8-9,16H,4,7,10-13H2,1-3H3,(H,21,26)/t16-/m0/s1. The van der Waals surface area contributed by atoms with Crippen LogP contribution in [-0.4, -0.2) is 32.9 Å². The molecule has 0 bridgehead atoms. The fourth-order valence-corrected chi connectivity index (χ4v) is 4.15. The van der Waals surface area contributed by atoms with Gasteiger partial charge in [0.2, 0.25) is 5.91 Å². The van der Waals surface area contributed by atoms with E-state index < -0.39 is 0 Å². The number of carbonyl (C=O) groups is 1. The number of nitrogens with zero attached hydrogens (tertiary/aromatic N) is 2. The average Bonchev–Trinajstić information content (AvgIpc) is 3.12. The quantitative estimate of drug-likeness (QED) is 0.809. The third-order valence-electron chi connectivity index (χ3n) is 5.83. The van der Waals surface area contributed by atoms with Crippen molar-refractivity contribution < 1.29 is 4.79 Å². The first-order chi connectivity index (χ1) is 12.3. The minimum atomic E-state index is -0.135. The van der Waals surface area contributed by atoms with Gasteiger partial charge < -0.3 is 9.88 Å². The monoisotopic (exact) mass is 373 g/mol. The lowest BCUT2D eigenvalue weighted by Crippen LogP contribution is -2.44. The molecule has 0 radical (unpaired) electrons. The number of rotatable bonds is 5. The number of carbonyl (C=O) groups excluding carboxylic acids is 1. The fourth-order valence-electron chi connectivity index (χ4n) is 3.87. The van der Waals surface area contributed by atoms with Crippen molar-refractivity contribution in [3.05, 3.63) is 39.4 Å². The maximum atomic E-state index is 12.8. The minimum absolute atomic E-state index is 0.114. The predicted molar refractivity (Wildman–Crippen MR) is 107 cm³/mol. The topological polar surface area (TPSA) is 58.1 Å². The number of likely N-dealkylation sites (tertiary alicyclic amines) is 1. The molecular weight excluding hydrogens is 346 g/mol. The van der Waals surface area contributed by atoms with Crippen LogP contribution in [0.5, 0.6) is 0 Å². The van der Waals surface area contributed by atoms with Crippen molar-refractivity contribution in [1.29, 1.82) is 0 Å². The van der Waals surface area contributed by atoms with Gasteiger partial charge in [0.1, 0.15) is 0 Å². The van der Waals surface area contributed by atoms with Crippen LogP contribution < -0.4 is 5.56 Å². The Morgan fingerprint density at radius 1 is 1.35 bits per heavy atom. The van der Waals surface area contributed by atoms with Gasteiger partial charge in [-0.25, -0.2) is 0 Å². The van der Waals surface area contributed by atoms with E-state index in [2.05, 4.69) is 25.8 Å². The minimum Gasteiger partial charge on any atom is -0.339 e. The van der Waals surface area contributed by atoms with Crippen LogP contribution in [0.25, 0.3) is 10.9 Å². The van der Waals surface area contributed by atoms with Crippen LogP contribution in [0.3, 0.4) is 0 Å². The highest BCUT2D eigenvalue weighted by molar-refractivity contribution is 7.71. The van der Waals surface area contributed by atoms with E-state index in [1.165, 1.54) is 4.57 Å². The highest BCUT2D eigenvalue weighted by Crippen LogP contribution is 2.36. The molecule has 1 N–H and O–H groups in total. The van der Waals surface area contributed by atoms with E-state index >= 15 is 0 Å². The Morgan fingerprint density at radius 2 is 2.08 bits per heavy atom. The van der Waals surface area contributed by atoms with Gasteiger partial charge in [-0.05, 0) is 49.0 Å². The molecule has 1 aromatic heterocycles. The van der Waals surface area contributed by atoms with Crippen molar-refractivity contribution in [2.45, 2.75) is 59.0 Å². The highest BCUT2D eigenvalue weighted by atomic mass is 32.1. The SMILES string of the molecule is CCC(C)(C)[C@@H]1CCCN1C(=O)CCn1c(=S)[nH]c2ccccc2c1=O. The number of para-hydroxylation sites is 1. The first kappa shape index (κ1) is 18.8. The smallest absolute Gasteiger partial charge is 0.262 e. The van der Waals surface area contributed by atoms with Gasteiger partial charge in [0, 0.05) is 25.6 Å². The number of hydrogen-bond donors (Lipinski definition) is 1. The second-order valence-corrected chi connectivity index (χ2v) is 8.16. The number of aromatic amines is 1. The third kappa shape index (κ3) is 3.47. The summed E-state index contributed by atoms with van der Waals surface area (Å²) in [5, 5.41) is 0.597. The molecule has 2 aromatic rings. The molecule has 2 heterocycles. The lowest BCUT2D eigenvalue weighted by Gasteiger charge is -2.37. The molecule has 1 aliphatic heterocycles. The Bertz CT molecular complexity index is 929. The van der Waals surface area contributed by atoms with Crippen molar-refractivity contribution in [1.82, 2.24) is 14.5 Å². The summed E-state index contributed by atoms with van der Waals surface area (Å²) in [6.45, 7) is 7.76. The molecule has 0 aliphatic carbocycles. The molecule has 1 fully saturated rings. The van der Waals surface area contributed by atoms with Gasteiger partial charge in [-0.2, -0.15) is 0 Å². The van der Waals surface area contributed by atoms with Crippen molar-refractivity contribution in [2.24, 2.45) is 5.41 Å². The molecule has 1 aromatic carbocycles. The molecular formula is C20H27N3O2S. The number of benzene rings is 1. The zero-order valence-corrected chi connectivity index (χ0v) is 16.6. The first-order valence-electron chi connectivity index (χ1n) is 9.36. The maximum Gasteiger partial charge on any atom is 0.262 e. The molecule has 140 valence electrons. The fraction of sp³-hybridized carbons (Fsp3) is 0.550. The van der Waals surface area contributed by atoms with Crippen LogP contribution in [0.4, 0.5) is 0 Å². The zero-order valence-electron chi connectivity index (χ0n) is 15.7. The molecule has 3 rings (SSSR count). The van der Waals surface area contributed by atoms with Gasteiger partial charge in [-0.15, -0.1) is 0 Å². The van der Waals surface area contributed by atoms with Crippen LogP contribution in [0.15, 0.2) is 29.1 Å². The second-order valence-electron chi connectivity index (χ2n) is 7.77. The van der Waals surface area contributed by atoms with Gasteiger partial charge in [-0.3, -0.25) is 14.2 Å². The highest BCUT2D eigenvalue weighted by Gasteiger charge is 2.38. The van der Waals surface area contributed by atoms with E-state index in [0.717, 1.165) is 31.3 Å². The molecule has 0 unspecified atom stereocenters. The lowest BCUT2D eigenvalue weighted by atomic mass is 9.80. The number of fused-ring (bicyclic) bond motifs is 1. The molecule has 6 heteroatoms. The van der Waals surface area contributed by atoms with E-state index in [4.69, 9.17) is 12.2 Å². The van der Waals surface area contributed by atoms with Crippen LogP contribution in [0.1, 0.15) is 46.5 Å². The number of H-pyrrole nitrogens is 1. The molecule has 1 atom stereocenters. The van der Waals surface area contributed by atoms with Crippen molar-refractivity contribution in [2.75, 3.05) is 6.54 Å². The van der Waals surface area contributed by atoms with Crippen molar-refractivity contribution in [3.63, 3.8) is 0 Å². The number of amides is 1. The van der Waals surface area contributed by atoms with E-state index in [9.17, 15) is 9.59 Å². The molecule has 1 amide bonds. The first-order valence-corrected chi connectivity index (χ1v) is 9.77. The van der Waals surface area contributed by atoms with Gasteiger partial charge in [0.05, 0.1) is 10.9 Å². The molecule has 0 spiro atoms. The number of hydrogen-bond acceptors (Lipinski definition) is 3. The van der Waals surface area contributed by atoms with Gasteiger partial charge in [0.15, 0.2) is 4.77 Å². The molecule has 5 nitrogen and oxygen atoms in total. The summed E-state index contributed by atoms with van der Waals surface area (Å²) in [6, 6.07) is 7.59. The predicted octanol–water partition coefficient (Wildman–Crippen LogP) is 3.88. The largest absolute Gasteiger partial charge is 0.339 e. The molecule has 0 saturated carbocycles. The van der Waals surface area contributed by atoms with E-state index in [0.29, 0.717) is 23.1 Å². The van der Waals surface area contributed by atoms with E-state index in [1.54, 1.807) is 6.07 Å². The Labute approximate surface area is 159 Å². The lowest BCUT2D eigenvalue weighted by molar-refractivity contribution is -0.134. The van der Waals surface area contributed by atoms with Crippen LogP contribution in [0.2, 0.25) is 0 Å². The third-order valence-corrected chi connectivity index (χ3v) is 6.15. The van der Waals surface area contributed by atoms with Crippen LogP contribution in [0, 0.1) is 10.2 Å².